The molecule has 3 heterocycles. The monoisotopic (exact) mass is 620 g/mol. The van der Waals surface area contributed by atoms with E-state index in [-0.39, 0.29) is 0 Å². The zero-order valence-electron chi connectivity index (χ0n) is 27.5. The number of rotatable bonds is 10. The Labute approximate surface area is 272 Å². The maximum absolute atomic E-state index is 11.9. The van der Waals surface area contributed by atoms with Crippen LogP contribution < -0.4 is 0 Å². The fourth-order valence-electron chi connectivity index (χ4n) is 6.68. The van der Waals surface area contributed by atoms with Gasteiger partial charge in [0, 0.05) is 17.5 Å². The van der Waals surface area contributed by atoms with Gasteiger partial charge < -0.3 is 9.67 Å². The molecule has 1 fully saturated rings. The van der Waals surface area contributed by atoms with Crippen LogP contribution in [-0.2, 0) is 6.54 Å². The van der Waals surface area contributed by atoms with Gasteiger partial charge in [-0.1, -0.05) is 113 Å². The molecule has 236 valence electrons. The van der Waals surface area contributed by atoms with Crippen LogP contribution in [0, 0.1) is 6.92 Å². The highest BCUT2D eigenvalue weighted by Gasteiger charge is 2.29. The van der Waals surface area contributed by atoms with Crippen molar-refractivity contribution in [3.8, 4) is 22.5 Å². The van der Waals surface area contributed by atoms with Gasteiger partial charge in [-0.2, -0.15) is 0 Å². The third-order valence-corrected chi connectivity index (χ3v) is 10.1. The van der Waals surface area contributed by atoms with Gasteiger partial charge in [0.1, 0.15) is 4.88 Å². The minimum absolute atomic E-state index is 0.403. The van der Waals surface area contributed by atoms with Gasteiger partial charge >= 0.3 is 5.97 Å². The highest BCUT2D eigenvalue weighted by molar-refractivity contribution is 7.21. The first-order valence-corrected chi connectivity index (χ1v) is 17.6. The van der Waals surface area contributed by atoms with Crippen LogP contribution in [0.25, 0.3) is 43.6 Å². The number of hydrogen-bond donors (Lipinski definition) is 1. The van der Waals surface area contributed by atoms with Crippen molar-refractivity contribution in [3.63, 3.8) is 0 Å². The third kappa shape index (κ3) is 7.58. The molecule has 3 aromatic heterocycles. The number of nitrogens with zero attached hydrogens (tertiary/aromatic N) is 2. The number of hydrogen-bond acceptors (Lipinski definition) is 3. The topological polar surface area (TPSA) is 55.1 Å². The Hall–Kier alpha value is -3.70. The molecule has 0 unspecified atom stereocenters. The minimum atomic E-state index is -0.856. The lowest BCUT2D eigenvalue weighted by atomic mass is 9.83. The van der Waals surface area contributed by atoms with Crippen LogP contribution in [0.15, 0.2) is 72.8 Å². The van der Waals surface area contributed by atoms with Crippen molar-refractivity contribution in [2.75, 3.05) is 0 Å². The molecule has 1 aliphatic carbocycles. The molecule has 5 aromatic rings. The van der Waals surface area contributed by atoms with E-state index in [9.17, 15) is 9.90 Å². The Bertz CT molecular complexity index is 1780. The van der Waals surface area contributed by atoms with Crippen LogP contribution in [0.4, 0.5) is 0 Å². The number of allylic oxidation sites excluding steroid dienone is 1. The summed E-state index contributed by atoms with van der Waals surface area (Å²) in [6.07, 6.45) is 13.0. The zero-order chi connectivity index (χ0) is 31.9. The van der Waals surface area contributed by atoms with Crippen molar-refractivity contribution >= 4 is 38.4 Å². The SMILES string of the molecule is C=C(C)Cn1c(-c2ccc3nc(-c4cccc(C)c4)ccc3c2)c(C2CCCCC2)c2sc(C(=O)O)cc21.CCCCCCC. The Balaban J connectivity index is 0.000000515. The van der Waals surface area contributed by atoms with Crippen molar-refractivity contribution < 1.29 is 9.90 Å². The first-order chi connectivity index (χ1) is 21.8. The summed E-state index contributed by atoms with van der Waals surface area (Å²) in [7, 11) is 0. The molecule has 6 rings (SSSR count). The van der Waals surface area contributed by atoms with Gasteiger partial charge in [-0.15, -0.1) is 11.3 Å². The summed E-state index contributed by atoms with van der Waals surface area (Å²) in [6.45, 7) is 13.5. The molecule has 1 N–H and O–H groups in total. The number of benzene rings is 2. The van der Waals surface area contributed by atoms with E-state index in [0.717, 1.165) is 56.4 Å². The van der Waals surface area contributed by atoms with Crippen LogP contribution in [0.1, 0.15) is 112 Å². The predicted octanol–water partition coefficient (Wildman–Crippen LogP) is 12.2. The number of carboxylic acids is 1. The molecule has 2 aromatic carbocycles. The van der Waals surface area contributed by atoms with Crippen molar-refractivity contribution in [1.82, 2.24) is 9.55 Å². The normalized spacial score (nSPS) is 13.6. The molecule has 1 saturated carbocycles. The largest absolute Gasteiger partial charge is 0.477 e. The maximum atomic E-state index is 11.9. The van der Waals surface area contributed by atoms with E-state index in [1.54, 1.807) is 0 Å². The van der Waals surface area contributed by atoms with Crippen molar-refractivity contribution in [2.45, 2.75) is 104 Å². The lowest BCUT2D eigenvalue weighted by Gasteiger charge is -2.24. The molecular weight excluding hydrogens is 573 g/mol. The molecule has 4 nitrogen and oxygen atoms in total. The van der Waals surface area contributed by atoms with E-state index in [4.69, 9.17) is 4.98 Å². The van der Waals surface area contributed by atoms with Gasteiger partial charge in [0.2, 0.25) is 0 Å². The molecule has 0 spiro atoms. The summed E-state index contributed by atoms with van der Waals surface area (Å²) in [5.41, 5.74) is 10.0. The third-order valence-electron chi connectivity index (χ3n) is 8.91. The molecule has 0 atom stereocenters. The van der Waals surface area contributed by atoms with Crippen molar-refractivity contribution in [1.29, 1.82) is 0 Å². The summed E-state index contributed by atoms with van der Waals surface area (Å²) in [5.74, 6) is -0.421. The van der Waals surface area contributed by atoms with E-state index in [1.165, 1.54) is 79.5 Å². The van der Waals surface area contributed by atoms with Crippen LogP contribution in [-0.4, -0.2) is 20.6 Å². The van der Waals surface area contributed by atoms with Crippen LogP contribution >= 0.6 is 11.3 Å². The van der Waals surface area contributed by atoms with E-state index >= 15 is 0 Å². The smallest absolute Gasteiger partial charge is 0.345 e. The summed E-state index contributed by atoms with van der Waals surface area (Å²) >= 11 is 1.42. The Morgan fingerprint density at radius 2 is 1.71 bits per heavy atom. The van der Waals surface area contributed by atoms with Crippen molar-refractivity contribution in [2.24, 2.45) is 0 Å². The molecule has 0 aliphatic heterocycles. The van der Waals surface area contributed by atoms with Gasteiger partial charge in [0.15, 0.2) is 0 Å². The Kier molecular flexibility index (Phi) is 10.9. The number of unbranched alkanes of at least 4 members (excludes halogenated alkanes) is 4. The van der Waals surface area contributed by atoms with Gasteiger partial charge in [-0.3, -0.25) is 0 Å². The quantitative estimate of drug-likeness (QED) is 0.125. The summed E-state index contributed by atoms with van der Waals surface area (Å²) < 4.78 is 3.43. The van der Waals surface area contributed by atoms with Crippen LogP contribution in [0.2, 0.25) is 0 Å². The van der Waals surface area contributed by atoms with Gasteiger partial charge in [-0.25, -0.2) is 9.78 Å². The van der Waals surface area contributed by atoms with Gasteiger partial charge in [-0.05, 0) is 74.1 Å². The number of carboxylic acid groups (broad SMARTS) is 1. The molecule has 5 heteroatoms. The number of pyridine rings is 1. The standard InChI is InChI=1S/C33H32N2O2S.C7H16/c1-20(2)19-35-28-18-29(33(36)37)38-32(28)30(22-9-5-4-6-10-22)31(35)25-13-15-27-24(17-25)12-14-26(34-27)23-11-7-8-21(3)16-23;1-3-5-7-6-4-2/h7-8,11-18,22H,1,4-6,9-10,19H2,2-3H3,(H,36,37);3-7H2,1-2H3. The van der Waals surface area contributed by atoms with Gasteiger partial charge in [0.25, 0.3) is 0 Å². The maximum Gasteiger partial charge on any atom is 0.345 e. The van der Waals surface area contributed by atoms with Gasteiger partial charge in [0.05, 0.1) is 27.1 Å². The lowest BCUT2D eigenvalue weighted by molar-refractivity contribution is 0.0702. The number of thiophene rings is 1. The zero-order valence-corrected chi connectivity index (χ0v) is 28.3. The number of aryl methyl sites for hydroxylation is 1. The molecule has 1 aliphatic rings. The Morgan fingerprint density at radius 3 is 2.38 bits per heavy atom. The number of aromatic nitrogens is 2. The minimum Gasteiger partial charge on any atom is -0.477 e. The summed E-state index contributed by atoms with van der Waals surface area (Å²) in [4.78, 5) is 17.3. The van der Waals surface area contributed by atoms with E-state index < -0.39 is 5.97 Å². The van der Waals surface area contributed by atoms with Crippen molar-refractivity contribution in [3.05, 3.63) is 88.8 Å². The second-order valence-corrected chi connectivity index (χ2v) is 13.9. The molecule has 0 saturated heterocycles. The lowest BCUT2D eigenvalue weighted by Crippen LogP contribution is -2.08. The van der Waals surface area contributed by atoms with E-state index in [2.05, 4.69) is 86.5 Å². The molecule has 0 amide bonds. The number of carbonyl (C=O) groups is 1. The van der Waals surface area contributed by atoms with Crippen LogP contribution in [0.3, 0.4) is 0 Å². The highest BCUT2D eigenvalue weighted by atomic mass is 32.1. The fraction of sp³-hybridized carbons (Fsp3) is 0.400. The average molecular weight is 621 g/mol. The molecular formula is C40H48N2O2S. The number of fused-ring (bicyclic) bond motifs is 2. The average Bonchev–Trinajstić information content (AvgIpc) is 3.60. The van der Waals surface area contributed by atoms with Crippen LogP contribution in [0.5, 0.6) is 0 Å². The number of aromatic carboxylic acids is 1. The summed E-state index contributed by atoms with van der Waals surface area (Å²) in [6, 6.07) is 21.1. The first kappa shape index (κ1) is 32.7. The molecule has 0 bridgehead atoms. The molecule has 45 heavy (non-hydrogen) atoms. The predicted molar refractivity (Wildman–Crippen MR) is 193 cm³/mol. The van der Waals surface area contributed by atoms with E-state index in [1.807, 2.05) is 13.0 Å². The highest BCUT2D eigenvalue weighted by Crippen LogP contribution is 2.47. The van der Waals surface area contributed by atoms with E-state index in [0.29, 0.717) is 17.3 Å². The second kappa shape index (κ2) is 15.1. The summed E-state index contributed by atoms with van der Waals surface area (Å²) in [5, 5.41) is 10.9. The second-order valence-electron chi connectivity index (χ2n) is 12.8. The fourth-order valence-corrected chi connectivity index (χ4v) is 7.81. The molecule has 0 radical (unpaired) electrons. The Morgan fingerprint density at radius 1 is 0.956 bits per heavy atom. The first-order valence-electron chi connectivity index (χ1n) is 16.8.